The minimum atomic E-state index is -0.443. The van der Waals surface area contributed by atoms with Crippen LogP contribution in [0.5, 0.6) is 11.5 Å². The monoisotopic (exact) mass is 404 g/mol. The Morgan fingerprint density at radius 2 is 1.53 bits per heavy atom. The molecular weight excluding hydrogens is 376 g/mol. The number of hydrogen-bond donors (Lipinski definition) is 2. The molecule has 0 saturated heterocycles. The van der Waals surface area contributed by atoms with E-state index >= 15 is 0 Å². The minimum absolute atomic E-state index is 0.120. The molecule has 0 radical (unpaired) electrons. The Kier molecular flexibility index (Phi) is 7.33. The molecule has 0 spiro atoms. The molecular formula is C25H28N2O3. The molecule has 5 nitrogen and oxygen atoms in total. The van der Waals surface area contributed by atoms with Crippen LogP contribution < -0.4 is 20.1 Å². The fourth-order valence-corrected chi connectivity index (χ4v) is 3.16. The highest BCUT2D eigenvalue weighted by Gasteiger charge is 2.16. The van der Waals surface area contributed by atoms with Gasteiger partial charge >= 0.3 is 0 Å². The molecule has 5 heteroatoms. The summed E-state index contributed by atoms with van der Waals surface area (Å²) in [5.74, 6) is 1.23. The first-order valence-corrected chi connectivity index (χ1v) is 10.2. The molecule has 0 heterocycles. The van der Waals surface area contributed by atoms with E-state index in [1.807, 2.05) is 93.6 Å². The van der Waals surface area contributed by atoms with Gasteiger partial charge in [-0.05, 0) is 44.5 Å². The average Bonchev–Trinajstić information content (AvgIpc) is 2.77. The molecule has 1 amide bonds. The topological polar surface area (TPSA) is 59.6 Å². The van der Waals surface area contributed by atoms with E-state index in [-0.39, 0.29) is 5.91 Å². The van der Waals surface area contributed by atoms with E-state index in [2.05, 4.69) is 10.6 Å². The summed E-state index contributed by atoms with van der Waals surface area (Å²) in [4.78, 5) is 12.9. The van der Waals surface area contributed by atoms with Gasteiger partial charge < -0.3 is 20.1 Å². The van der Waals surface area contributed by atoms with E-state index in [4.69, 9.17) is 9.47 Å². The van der Waals surface area contributed by atoms with Crippen molar-refractivity contribution in [2.24, 2.45) is 0 Å². The fraction of sp³-hybridized carbons (Fsp3) is 0.240. The van der Waals surface area contributed by atoms with Crippen LogP contribution in [0.3, 0.4) is 0 Å². The van der Waals surface area contributed by atoms with E-state index in [1.165, 1.54) is 0 Å². The summed E-state index contributed by atoms with van der Waals surface area (Å²) in [6, 6.07) is 23.0. The second-order valence-electron chi connectivity index (χ2n) is 6.79. The average molecular weight is 405 g/mol. The van der Waals surface area contributed by atoms with Crippen LogP contribution in [-0.4, -0.2) is 25.2 Å². The Bertz CT molecular complexity index is 973. The standard InChI is InChI=1S/C25H28N2O3/c1-4-29-23-16-15-20(17-24(23)30-5-2)26-18(3)25(28)27-22-14-10-9-13-21(22)19-11-7-6-8-12-19/h6-18,26H,4-5H2,1-3H3,(H,27,28)/t18-/m0/s1. The van der Waals surface area contributed by atoms with Gasteiger partial charge in [-0.3, -0.25) is 4.79 Å². The number of carbonyl (C=O) groups is 1. The normalized spacial score (nSPS) is 11.4. The SMILES string of the molecule is CCOc1ccc(N[C@@H](C)C(=O)Nc2ccccc2-c2ccccc2)cc1OCC. The molecule has 0 aliphatic carbocycles. The van der Waals surface area contributed by atoms with Crippen molar-refractivity contribution in [3.8, 4) is 22.6 Å². The van der Waals surface area contributed by atoms with Crippen molar-refractivity contribution in [2.75, 3.05) is 23.8 Å². The van der Waals surface area contributed by atoms with Crippen LogP contribution in [0, 0.1) is 0 Å². The van der Waals surface area contributed by atoms with Crippen molar-refractivity contribution in [2.45, 2.75) is 26.8 Å². The number of para-hydroxylation sites is 1. The second kappa shape index (κ2) is 10.3. The lowest BCUT2D eigenvalue weighted by molar-refractivity contribution is -0.116. The predicted molar refractivity (Wildman–Crippen MR) is 122 cm³/mol. The Balaban J connectivity index is 1.72. The van der Waals surface area contributed by atoms with Crippen LogP contribution >= 0.6 is 0 Å². The quantitative estimate of drug-likeness (QED) is 0.488. The van der Waals surface area contributed by atoms with Crippen molar-refractivity contribution in [3.63, 3.8) is 0 Å². The van der Waals surface area contributed by atoms with E-state index in [0.29, 0.717) is 24.7 Å². The highest BCUT2D eigenvalue weighted by molar-refractivity contribution is 5.99. The summed E-state index contributed by atoms with van der Waals surface area (Å²) in [6.45, 7) is 6.79. The van der Waals surface area contributed by atoms with Gasteiger partial charge in [-0.15, -0.1) is 0 Å². The van der Waals surface area contributed by atoms with E-state index in [1.54, 1.807) is 0 Å². The number of hydrogen-bond acceptors (Lipinski definition) is 4. The number of ether oxygens (including phenoxy) is 2. The van der Waals surface area contributed by atoms with Gasteiger partial charge in [0.15, 0.2) is 11.5 Å². The third kappa shape index (κ3) is 5.32. The molecule has 0 unspecified atom stereocenters. The van der Waals surface area contributed by atoms with Crippen molar-refractivity contribution in [1.29, 1.82) is 0 Å². The Morgan fingerprint density at radius 3 is 2.27 bits per heavy atom. The molecule has 1 atom stereocenters. The smallest absolute Gasteiger partial charge is 0.246 e. The third-order valence-corrected chi connectivity index (χ3v) is 4.59. The fourth-order valence-electron chi connectivity index (χ4n) is 3.16. The molecule has 0 bridgehead atoms. The Labute approximate surface area is 178 Å². The maximum absolute atomic E-state index is 12.9. The van der Waals surface area contributed by atoms with Crippen molar-refractivity contribution in [3.05, 3.63) is 72.8 Å². The number of carbonyl (C=O) groups excluding carboxylic acids is 1. The molecule has 30 heavy (non-hydrogen) atoms. The first-order chi connectivity index (χ1) is 14.6. The van der Waals surface area contributed by atoms with E-state index < -0.39 is 6.04 Å². The lowest BCUT2D eigenvalue weighted by Gasteiger charge is -2.18. The summed E-state index contributed by atoms with van der Waals surface area (Å²) in [5, 5.41) is 6.28. The van der Waals surface area contributed by atoms with Gasteiger partial charge in [-0.1, -0.05) is 48.5 Å². The predicted octanol–water partition coefficient (Wildman–Crippen LogP) is 5.59. The number of anilines is 2. The van der Waals surface area contributed by atoms with Gasteiger partial charge in [0.2, 0.25) is 5.91 Å². The summed E-state index contributed by atoms with van der Waals surface area (Å²) in [7, 11) is 0. The largest absolute Gasteiger partial charge is 0.490 e. The molecule has 0 saturated carbocycles. The van der Waals surface area contributed by atoms with Crippen LogP contribution in [0.25, 0.3) is 11.1 Å². The zero-order valence-corrected chi connectivity index (χ0v) is 17.6. The van der Waals surface area contributed by atoms with E-state index in [0.717, 1.165) is 22.5 Å². The molecule has 0 aliphatic rings. The van der Waals surface area contributed by atoms with Crippen LogP contribution in [0.4, 0.5) is 11.4 Å². The van der Waals surface area contributed by atoms with Crippen LogP contribution in [0.2, 0.25) is 0 Å². The Morgan fingerprint density at radius 1 is 0.867 bits per heavy atom. The number of nitrogens with one attached hydrogen (secondary N) is 2. The molecule has 0 fully saturated rings. The van der Waals surface area contributed by atoms with E-state index in [9.17, 15) is 4.79 Å². The summed E-state index contributed by atoms with van der Waals surface area (Å²) < 4.78 is 11.3. The summed E-state index contributed by atoms with van der Waals surface area (Å²) in [6.07, 6.45) is 0. The summed E-state index contributed by atoms with van der Waals surface area (Å²) in [5.41, 5.74) is 3.62. The summed E-state index contributed by atoms with van der Waals surface area (Å²) >= 11 is 0. The first-order valence-electron chi connectivity index (χ1n) is 10.2. The van der Waals surface area contributed by atoms with Crippen LogP contribution in [0.15, 0.2) is 72.8 Å². The van der Waals surface area contributed by atoms with Gasteiger partial charge in [-0.2, -0.15) is 0 Å². The molecule has 156 valence electrons. The molecule has 2 N–H and O–H groups in total. The third-order valence-electron chi connectivity index (χ3n) is 4.59. The van der Waals surface area contributed by atoms with Crippen LogP contribution in [0.1, 0.15) is 20.8 Å². The molecule has 3 aromatic rings. The zero-order valence-electron chi connectivity index (χ0n) is 17.6. The van der Waals surface area contributed by atoms with Gasteiger partial charge in [0.25, 0.3) is 0 Å². The maximum atomic E-state index is 12.9. The van der Waals surface area contributed by atoms with Gasteiger partial charge in [-0.25, -0.2) is 0 Å². The minimum Gasteiger partial charge on any atom is -0.490 e. The number of rotatable bonds is 9. The van der Waals surface area contributed by atoms with Crippen molar-refractivity contribution < 1.29 is 14.3 Å². The highest BCUT2D eigenvalue weighted by Crippen LogP contribution is 2.31. The lowest BCUT2D eigenvalue weighted by Crippen LogP contribution is -2.32. The van der Waals surface area contributed by atoms with Crippen molar-refractivity contribution >= 4 is 17.3 Å². The second-order valence-corrected chi connectivity index (χ2v) is 6.79. The van der Waals surface area contributed by atoms with Crippen molar-refractivity contribution in [1.82, 2.24) is 0 Å². The van der Waals surface area contributed by atoms with Gasteiger partial charge in [0, 0.05) is 23.0 Å². The molecule has 0 aromatic heterocycles. The zero-order chi connectivity index (χ0) is 21.3. The highest BCUT2D eigenvalue weighted by atomic mass is 16.5. The van der Waals surface area contributed by atoms with Gasteiger partial charge in [0.1, 0.15) is 6.04 Å². The van der Waals surface area contributed by atoms with Crippen LogP contribution in [-0.2, 0) is 4.79 Å². The first kappa shape index (κ1) is 21.2. The van der Waals surface area contributed by atoms with Gasteiger partial charge in [0.05, 0.1) is 13.2 Å². The lowest BCUT2D eigenvalue weighted by atomic mass is 10.0. The molecule has 3 aromatic carbocycles. The number of amides is 1. The Hall–Kier alpha value is -3.47. The maximum Gasteiger partial charge on any atom is 0.246 e. The number of benzene rings is 3. The molecule has 3 rings (SSSR count). The molecule has 0 aliphatic heterocycles.